The molecule has 2 fully saturated rings. The van der Waals surface area contributed by atoms with Crippen molar-refractivity contribution in [3.05, 3.63) is 0 Å². The van der Waals surface area contributed by atoms with Crippen LogP contribution in [0.2, 0.25) is 0 Å². The number of hydrogen-bond acceptors (Lipinski definition) is 2. The molecule has 0 aromatic carbocycles. The predicted octanol–water partition coefficient (Wildman–Crippen LogP) is 0.104. The van der Waals surface area contributed by atoms with Gasteiger partial charge in [0.1, 0.15) is 0 Å². The summed E-state index contributed by atoms with van der Waals surface area (Å²) < 4.78 is 0. The Labute approximate surface area is 55.1 Å². The first-order valence-corrected chi connectivity index (χ1v) is 3.71. The summed E-state index contributed by atoms with van der Waals surface area (Å²) in [6.07, 6.45) is 3.19. The molecule has 52 valence electrons. The van der Waals surface area contributed by atoms with Crippen molar-refractivity contribution in [1.82, 2.24) is 0 Å². The standard InChI is InChI=1S/C7H13NO/c8-6-2-5-1-4(6)3-7(5)9/h4-7,9H,1-3,8H2/t4-,5+,6-,7-/m0/s1. The number of hydrogen-bond donors (Lipinski definition) is 2. The molecular weight excluding hydrogens is 114 g/mol. The van der Waals surface area contributed by atoms with E-state index < -0.39 is 0 Å². The molecule has 4 atom stereocenters. The van der Waals surface area contributed by atoms with Crippen LogP contribution in [-0.4, -0.2) is 17.3 Å². The lowest BCUT2D eigenvalue weighted by Gasteiger charge is -2.20. The van der Waals surface area contributed by atoms with E-state index in [2.05, 4.69) is 0 Å². The van der Waals surface area contributed by atoms with Crippen LogP contribution in [0.1, 0.15) is 19.3 Å². The summed E-state index contributed by atoms with van der Waals surface area (Å²) >= 11 is 0. The summed E-state index contributed by atoms with van der Waals surface area (Å²) in [5.41, 5.74) is 5.77. The van der Waals surface area contributed by atoms with Gasteiger partial charge in [0.25, 0.3) is 0 Å². The highest BCUT2D eigenvalue weighted by Crippen LogP contribution is 2.43. The zero-order valence-corrected chi connectivity index (χ0v) is 5.46. The van der Waals surface area contributed by atoms with E-state index in [1.54, 1.807) is 0 Å². The van der Waals surface area contributed by atoms with E-state index >= 15 is 0 Å². The van der Waals surface area contributed by atoms with Crippen molar-refractivity contribution >= 4 is 0 Å². The zero-order valence-electron chi connectivity index (χ0n) is 5.46. The lowest BCUT2D eigenvalue weighted by Crippen LogP contribution is -2.31. The fourth-order valence-corrected chi connectivity index (χ4v) is 2.29. The molecule has 2 bridgehead atoms. The van der Waals surface area contributed by atoms with E-state index in [1.807, 2.05) is 0 Å². The zero-order chi connectivity index (χ0) is 6.43. The summed E-state index contributed by atoms with van der Waals surface area (Å²) in [6.45, 7) is 0. The number of aliphatic hydroxyl groups is 1. The van der Waals surface area contributed by atoms with Gasteiger partial charge in [-0.3, -0.25) is 0 Å². The second kappa shape index (κ2) is 1.70. The van der Waals surface area contributed by atoms with Gasteiger partial charge in [0.15, 0.2) is 0 Å². The summed E-state index contributed by atoms with van der Waals surface area (Å²) in [5.74, 6) is 1.19. The maximum Gasteiger partial charge on any atom is 0.0572 e. The predicted molar refractivity (Wildman–Crippen MR) is 34.8 cm³/mol. The average Bonchev–Trinajstić information content (AvgIpc) is 2.24. The number of fused-ring (bicyclic) bond motifs is 2. The van der Waals surface area contributed by atoms with E-state index in [0.29, 0.717) is 17.9 Å². The van der Waals surface area contributed by atoms with Crippen molar-refractivity contribution < 1.29 is 5.11 Å². The van der Waals surface area contributed by atoms with Crippen LogP contribution in [0.25, 0.3) is 0 Å². The first-order valence-electron chi connectivity index (χ1n) is 3.71. The van der Waals surface area contributed by atoms with Crippen LogP contribution in [0.4, 0.5) is 0 Å². The second-order valence-corrected chi connectivity index (χ2v) is 3.46. The Morgan fingerprint density at radius 3 is 2.22 bits per heavy atom. The third kappa shape index (κ3) is 0.700. The summed E-state index contributed by atoms with van der Waals surface area (Å²) in [5, 5.41) is 9.28. The molecule has 0 aliphatic heterocycles. The topological polar surface area (TPSA) is 46.2 Å². The van der Waals surface area contributed by atoms with Crippen molar-refractivity contribution in [3.63, 3.8) is 0 Å². The third-order valence-electron chi connectivity index (χ3n) is 2.87. The van der Waals surface area contributed by atoms with Crippen molar-refractivity contribution in [2.75, 3.05) is 0 Å². The van der Waals surface area contributed by atoms with E-state index in [-0.39, 0.29) is 6.10 Å². The molecular formula is C7H13NO. The molecule has 0 aromatic heterocycles. The third-order valence-corrected chi connectivity index (χ3v) is 2.87. The van der Waals surface area contributed by atoms with E-state index in [4.69, 9.17) is 5.73 Å². The summed E-state index contributed by atoms with van der Waals surface area (Å²) in [6, 6.07) is 0.401. The SMILES string of the molecule is N[C@H]1C[C@H]2C[C@H]1C[C@@H]2O. The maximum atomic E-state index is 9.28. The van der Waals surface area contributed by atoms with Gasteiger partial charge in [-0.05, 0) is 31.1 Å². The molecule has 0 radical (unpaired) electrons. The minimum absolute atomic E-state index is 0.0187. The van der Waals surface area contributed by atoms with E-state index in [0.717, 1.165) is 12.8 Å². The molecule has 0 saturated heterocycles. The Bertz CT molecular complexity index is 108. The van der Waals surface area contributed by atoms with Crippen LogP contribution in [-0.2, 0) is 0 Å². The smallest absolute Gasteiger partial charge is 0.0572 e. The molecule has 2 aliphatic carbocycles. The van der Waals surface area contributed by atoms with Crippen molar-refractivity contribution in [2.24, 2.45) is 17.6 Å². The second-order valence-electron chi connectivity index (χ2n) is 3.46. The molecule has 0 heterocycles. The molecule has 3 N–H and O–H groups in total. The Morgan fingerprint density at radius 1 is 1.11 bits per heavy atom. The Balaban J connectivity index is 2.10. The van der Waals surface area contributed by atoms with Crippen molar-refractivity contribution in [3.8, 4) is 0 Å². The lowest BCUT2D eigenvalue weighted by molar-refractivity contribution is 0.108. The Kier molecular flexibility index (Phi) is 1.08. The van der Waals surface area contributed by atoms with E-state index in [9.17, 15) is 5.11 Å². The normalized spacial score (nSPS) is 56.7. The van der Waals surface area contributed by atoms with Crippen LogP contribution in [0, 0.1) is 11.8 Å². The van der Waals surface area contributed by atoms with Gasteiger partial charge in [-0.1, -0.05) is 0 Å². The van der Waals surface area contributed by atoms with Gasteiger partial charge in [0.2, 0.25) is 0 Å². The van der Waals surface area contributed by atoms with Crippen molar-refractivity contribution in [1.29, 1.82) is 0 Å². The number of nitrogens with two attached hydrogens (primary N) is 1. The van der Waals surface area contributed by atoms with Gasteiger partial charge in [0.05, 0.1) is 6.10 Å². The largest absolute Gasteiger partial charge is 0.393 e. The molecule has 2 heteroatoms. The van der Waals surface area contributed by atoms with Gasteiger partial charge in [0, 0.05) is 6.04 Å². The molecule has 0 spiro atoms. The quantitative estimate of drug-likeness (QED) is 0.485. The van der Waals surface area contributed by atoms with Crippen LogP contribution in [0.3, 0.4) is 0 Å². The molecule has 0 aromatic rings. The molecule has 2 aliphatic rings. The van der Waals surface area contributed by atoms with Gasteiger partial charge >= 0.3 is 0 Å². The maximum absolute atomic E-state index is 9.28. The monoisotopic (exact) mass is 127 g/mol. The average molecular weight is 127 g/mol. The summed E-state index contributed by atoms with van der Waals surface area (Å²) in [4.78, 5) is 0. The molecule has 0 unspecified atom stereocenters. The van der Waals surface area contributed by atoms with Gasteiger partial charge in [-0.2, -0.15) is 0 Å². The molecule has 0 amide bonds. The van der Waals surface area contributed by atoms with Crippen molar-refractivity contribution in [2.45, 2.75) is 31.4 Å². The van der Waals surface area contributed by atoms with Crippen LogP contribution in [0.15, 0.2) is 0 Å². The minimum Gasteiger partial charge on any atom is -0.393 e. The first-order chi connectivity index (χ1) is 4.27. The lowest BCUT2D eigenvalue weighted by atomic mass is 9.94. The van der Waals surface area contributed by atoms with Crippen LogP contribution < -0.4 is 5.73 Å². The molecule has 2 nitrogen and oxygen atoms in total. The number of aliphatic hydroxyl groups excluding tert-OH is 1. The van der Waals surface area contributed by atoms with Gasteiger partial charge < -0.3 is 10.8 Å². The molecule has 9 heavy (non-hydrogen) atoms. The van der Waals surface area contributed by atoms with Gasteiger partial charge in [-0.15, -0.1) is 0 Å². The Hall–Kier alpha value is -0.0800. The Morgan fingerprint density at radius 2 is 1.89 bits per heavy atom. The summed E-state index contributed by atoms with van der Waals surface area (Å²) in [7, 11) is 0. The van der Waals surface area contributed by atoms with Gasteiger partial charge in [-0.25, -0.2) is 0 Å². The highest BCUT2D eigenvalue weighted by molar-refractivity contribution is 4.97. The highest BCUT2D eigenvalue weighted by Gasteiger charge is 2.43. The van der Waals surface area contributed by atoms with Crippen LogP contribution >= 0.6 is 0 Å². The molecule has 2 rings (SSSR count). The fraction of sp³-hybridized carbons (Fsp3) is 1.00. The fourth-order valence-electron chi connectivity index (χ4n) is 2.29. The number of rotatable bonds is 0. The van der Waals surface area contributed by atoms with E-state index in [1.165, 1.54) is 6.42 Å². The first kappa shape index (κ1) is 5.69. The molecule has 2 saturated carbocycles. The highest BCUT2D eigenvalue weighted by atomic mass is 16.3. The van der Waals surface area contributed by atoms with Crippen LogP contribution in [0.5, 0.6) is 0 Å². The minimum atomic E-state index is -0.0187.